The zero-order valence-electron chi connectivity index (χ0n) is 12.4. The number of aryl methyl sites for hydroxylation is 2. The van der Waals surface area contributed by atoms with E-state index in [0.717, 1.165) is 33.4 Å². The van der Waals surface area contributed by atoms with Crippen LogP contribution in [0.2, 0.25) is 5.02 Å². The molecule has 3 rings (SSSR count). The molecule has 0 aliphatic rings. The summed E-state index contributed by atoms with van der Waals surface area (Å²) < 4.78 is 4.73. The van der Waals surface area contributed by atoms with Crippen molar-refractivity contribution in [2.24, 2.45) is 0 Å². The SMILES string of the molecule is COC(=O)c1[nH]c2cc(-c3c(C)ncnc3C)ccc2c1Cl. The third-order valence-corrected chi connectivity index (χ3v) is 4.03. The van der Waals surface area contributed by atoms with Crippen molar-refractivity contribution in [3.63, 3.8) is 0 Å². The van der Waals surface area contributed by atoms with Crippen molar-refractivity contribution in [3.05, 3.63) is 46.6 Å². The van der Waals surface area contributed by atoms with E-state index in [0.29, 0.717) is 5.02 Å². The second-order valence-corrected chi connectivity index (χ2v) is 5.36. The number of ether oxygens (including phenoxy) is 1. The maximum atomic E-state index is 11.7. The van der Waals surface area contributed by atoms with Crippen LogP contribution in [0.25, 0.3) is 22.0 Å². The molecule has 0 spiro atoms. The lowest BCUT2D eigenvalue weighted by atomic mass is 10.0. The van der Waals surface area contributed by atoms with E-state index in [1.54, 1.807) is 6.33 Å². The molecule has 0 aliphatic carbocycles. The van der Waals surface area contributed by atoms with Gasteiger partial charge in [-0.25, -0.2) is 14.8 Å². The molecule has 1 aromatic carbocycles. The van der Waals surface area contributed by atoms with Crippen LogP contribution in [0.3, 0.4) is 0 Å². The maximum absolute atomic E-state index is 11.7. The Morgan fingerprint density at radius 2 is 1.91 bits per heavy atom. The number of fused-ring (bicyclic) bond motifs is 1. The van der Waals surface area contributed by atoms with Crippen molar-refractivity contribution in [2.45, 2.75) is 13.8 Å². The number of nitrogens with zero attached hydrogens (tertiary/aromatic N) is 2. The van der Waals surface area contributed by atoms with Crippen molar-refractivity contribution >= 4 is 28.5 Å². The van der Waals surface area contributed by atoms with E-state index in [-0.39, 0.29) is 5.69 Å². The van der Waals surface area contributed by atoms with Crippen molar-refractivity contribution in [2.75, 3.05) is 7.11 Å². The summed E-state index contributed by atoms with van der Waals surface area (Å²) >= 11 is 6.23. The Morgan fingerprint density at radius 1 is 1.23 bits per heavy atom. The Hall–Kier alpha value is -2.40. The molecule has 112 valence electrons. The summed E-state index contributed by atoms with van der Waals surface area (Å²) in [5.74, 6) is -0.488. The molecule has 0 saturated heterocycles. The van der Waals surface area contributed by atoms with E-state index in [9.17, 15) is 4.79 Å². The lowest BCUT2D eigenvalue weighted by molar-refractivity contribution is 0.0595. The number of halogens is 1. The van der Waals surface area contributed by atoms with Gasteiger partial charge in [0.2, 0.25) is 0 Å². The van der Waals surface area contributed by atoms with E-state index >= 15 is 0 Å². The molecule has 1 N–H and O–H groups in total. The highest BCUT2D eigenvalue weighted by Gasteiger charge is 2.18. The normalized spacial score (nSPS) is 10.9. The molecule has 0 fully saturated rings. The Balaban J connectivity index is 2.21. The van der Waals surface area contributed by atoms with Crippen molar-refractivity contribution in [1.82, 2.24) is 15.0 Å². The van der Waals surface area contributed by atoms with E-state index in [2.05, 4.69) is 15.0 Å². The molecule has 0 bridgehead atoms. The molecule has 0 radical (unpaired) electrons. The summed E-state index contributed by atoms with van der Waals surface area (Å²) in [5.41, 5.74) is 4.78. The number of hydrogen-bond donors (Lipinski definition) is 1. The molecule has 0 atom stereocenters. The molecule has 3 aromatic rings. The first-order valence-electron chi connectivity index (χ1n) is 6.71. The minimum atomic E-state index is -0.488. The summed E-state index contributed by atoms with van der Waals surface area (Å²) in [6.07, 6.45) is 1.55. The van der Waals surface area contributed by atoms with E-state index in [4.69, 9.17) is 16.3 Å². The van der Waals surface area contributed by atoms with E-state index in [1.165, 1.54) is 7.11 Å². The predicted molar refractivity (Wildman–Crippen MR) is 85.1 cm³/mol. The highest BCUT2D eigenvalue weighted by Crippen LogP contribution is 2.32. The molecule has 5 nitrogen and oxygen atoms in total. The molecule has 2 aromatic heterocycles. The summed E-state index contributed by atoms with van der Waals surface area (Å²) in [7, 11) is 1.32. The number of methoxy groups -OCH3 is 1. The Labute approximate surface area is 132 Å². The minimum Gasteiger partial charge on any atom is -0.464 e. The van der Waals surface area contributed by atoms with Gasteiger partial charge in [-0.05, 0) is 25.5 Å². The standard InChI is InChI=1S/C16H14ClN3O2/c1-8-13(9(2)19-7-18-8)10-4-5-11-12(6-10)20-15(14(11)17)16(21)22-3/h4-7,20H,1-3H3. The number of nitrogens with one attached hydrogen (secondary N) is 1. The quantitative estimate of drug-likeness (QED) is 0.732. The summed E-state index contributed by atoms with van der Waals surface area (Å²) in [6, 6.07) is 5.76. The number of H-pyrrole nitrogens is 1. The number of rotatable bonds is 2. The Bertz CT molecular complexity index is 866. The van der Waals surface area contributed by atoms with Crippen LogP contribution >= 0.6 is 11.6 Å². The van der Waals surface area contributed by atoms with Crippen LogP contribution in [0.5, 0.6) is 0 Å². The fourth-order valence-electron chi connectivity index (χ4n) is 2.57. The first kappa shape index (κ1) is 14.5. The average molecular weight is 316 g/mol. The Morgan fingerprint density at radius 3 is 2.55 bits per heavy atom. The zero-order chi connectivity index (χ0) is 15.9. The van der Waals surface area contributed by atoms with Gasteiger partial charge in [0.25, 0.3) is 0 Å². The van der Waals surface area contributed by atoms with Crippen LogP contribution in [-0.2, 0) is 4.74 Å². The second kappa shape index (κ2) is 5.42. The topological polar surface area (TPSA) is 67.9 Å². The van der Waals surface area contributed by atoms with Crippen LogP contribution in [0.1, 0.15) is 21.9 Å². The first-order valence-corrected chi connectivity index (χ1v) is 7.09. The van der Waals surface area contributed by atoms with Gasteiger partial charge in [0.15, 0.2) is 0 Å². The monoisotopic (exact) mass is 315 g/mol. The Kier molecular flexibility index (Phi) is 3.58. The fourth-order valence-corrected chi connectivity index (χ4v) is 2.86. The smallest absolute Gasteiger partial charge is 0.356 e. The number of hydrogen-bond acceptors (Lipinski definition) is 4. The van der Waals surface area contributed by atoms with Gasteiger partial charge in [-0.15, -0.1) is 0 Å². The first-order chi connectivity index (χ1) is 10.5. The predicted octanol–water partition coefficient (Wildman–Crippen LogP) is 3.68. The molecule has 0 saturated carbocycles. The highest BCUT2D eigenvalue weighted by molar-refractivity contribution is 6.38. The molecule has 22 heavy (non-hydrogen) atoms. The summed E-state index contributed by atoms with van der Waals surface area (Å²) in [5, 5.41) is 1.14. The molecular formula is C16H14ClN3O2. The van der Waals surface area contributed by atoms with Crippen LogP contribution in [-0.4, -0.2) is 28.0 Å². The van der Waals surface area contributed by atoms with Gasteiger partial charge >= 0.3 is 5.97 Å². The number of esters is 1. The summed E-state index contributed by atoms with van der Waals surface area (Å²) in [6.45, 7) is 3.88. The largest absolute Gasteiger partial charge is 0.464 e. The van der Waals surface area contributed by atoms with Crippen molar-refractivity contribution < 1.29 is 9.53 Å². The third-order valence-electron chi connectivity index (χ3n) is 3.64. The maximum Gasteiger partial charge on any atom is 0.356 e. The van der Waals surface area contributed by atoms with Crippen LogP contribution < -0.4 is 0 Å². The molecule has 6 heteroatoms. The van der Waals surface area contributed by atoms with Gasteiger partial charge < -0.3 is 9.72 Å². The summed E-state index contributed by atoms with van der Waals surface area (Å²) in [4.78, 5) is 23.2. The van der Waals surface area contributed by atoms with Gasteiger partial charge in [0.05, 0.1) is 12.1 Å². The average Bonchev–Trinajstić information content (AvgIpc) is 2.83. The molecular weight excluding hydrogens is 302 g/mol. The molecule has 0 aliphatic heterocycles. The van der Waals surface area contributed by atoms with Gasteiger partial charge in [0.1, 0.15) is 12.0 Å². The number of aromatic amines is 1. The van der Waals surface area contributed by atoms with Crippen LogP contribution in [0.15, 0.2) is 24.5 Å². The minimum absolute atomic E-state index is 0.258. The lowest BCUT2D eigenvalue weighted by Gasteiger charge is -2.08. The molecule has 0 amide bonds. The van der Waals surface area contributed by atoms with Gasteiger partial charge in [0, 0.05) is 27.9 Å². The number of carbonyl (C=O) groups excluding carboxylic acids is 1. The second-order valence-electron chi connectivity index (χ2n) is 4.99. The number of benzene rings is 1. The fraction of sp³-hybridized carbons (Fsp3) is 0.188. The van der Waals surface area contributed by atoms with Gasteiger partial charge in [-0.1, -0.05) is 23.7 Å². The zero-order valence-corrected chi connectivity index (χ0v) is 13.2. The number of aromatic nitrogens is 3. The third kappa shape index (κ3) is 2.23. The van der Waals surface area contributed by atoms with Crippen molar-refractivity contribution in [3.8, 4) is 11.1 Å². The van der Waals surface area contributed by atoms with Gasteiger partial charge in [-0.2, -0.15) is 0 Å². The van der Waals surface area contributed by atoms with Crippen molar-refractivity contribution in [1.29, 1.82) is 0 Å². The van der Waals surface area contributed by atoms with E-state index in [1.807, 2.05) is 32.0 Å². The molecule has 2 heterocycles. The van der Waals surface area contributed by atoms with Gasteiger partial charge in [-0.3, -0.25) is 0 Å². The highest BCUT2D eigenvalue weighted by atomic mass is 35.5. The molecule has 0 unspecified atom stereocenters. The lowest BCUT2D eigenvalue weighted by Crippen LogP contribution is -2.01. The number of carbonyl (C=O) groups is 1. The van der Waals surface area contributed by atoms with Crippen LogP contribution in [0, 0.1) is 13.8 Å². The van der Waals surface area contributed by atoms with E-state index < -0.39 is 5.97 Å². The van der Waals surface area contributed by atoms with Crippen LogP contribution in [0.4, 0.5) is 0 Å².